The smallest absolute Gasteiger partial charge is 0.254 e. The monoisotopic (exact) mass is 308 g/mol. The number of hydrogen-bond donors (Lipinski definition) is 1. The lowest BCUT2D eigenvalue weighted by molar-refractivity contribution is 0.0707. The maximum Gasteiger partial charge on any atom is 0.254 e. The molecule has 1 amide bonds. The van der Waals surface area contributed by atoms with Crippen LogP contribution in [-0.4, -0.2) is 61.4 Å². The molecule has 0 spiro atoms. The molecule has 1 heterocycles. The second kappa shape index (κ2) is 6.62. The van der Waals surface area contributed by atoms with Crippen molar-refractivity contribution in [3.05, 3.63) is 29.6 Å². The van der Waals surface area contributed by atoms with Crippen LogP contribution in [0.2, 0.25) is 0 Å². The zero-order valence-electron chi connectivity index (χ0n) is 12.5. The van der Waals surface area contributed by atoms with E-state index in [1.165, 1.54) is 6.07 Å². The average Bonchev–Trinajstić information content (AvgIpc) is 3.37. The number of carbonyl (C=O) groups is 1. The van der Waals surface area contributed by atoms with Crippen molar-refractivity contribution in [1.82, 2.24) is 4.90 Å². The number of benzene rings is 1. The maximum atomic E-state index is 14.4. The van der Waals surface area contributed by atoms with Gasteiger partial charge in [0.25, 0.3) is 5.91 Å². The fraction of sp³-hybridized carbons (Fsp3) is 0.562. The molecule has 120 valence electrons. The average molecular weight is 308 g/mol. The van der Waals surface area contributed by atoms with Gasteiger partial charge < -0.3 is 19.6 Å². The minimum absolute atomic E-state index is 0.0728. The van der Waals surface area contributed by atoms with Crippen molar-refractivity contribution in [3.8, 4) is 0 Å². The first-order chi connectivity index (χ1) is 10.7. The number of morpholine rings is 1. The van der Waals surface area contributed by atoms with Gasteiger partial charge in [0.05, 0.1) is 25.5 Å². The summed E-state index contributed by atoms with van der Waals surface area (Å²) in [5, 5.41) is 9.09. The summed E-state index contributed by atoms with van der Waals surface area (Å²) in [6.45, 7) is 2.72. The third-order valence-electron chi connectivity index (χ3n) is 4.14. The fourth-order valence-electron chi connectivity index (χ4n) is 2.81. The summed E-state index contributed by atoms with van der Waals surface area (Å²) in [5.41, 5.74) is 0.856. The molecule has 6 heteroatoms. The topological polar surface area (TPSA) is 53.0 Å². The molecule has 0 bridgehead atoms. The van der Waals surface area contributed by atoms with Gasteiger partial charge in [-0.25, -0.2) is 4.39 Å². The lowest BCUT2D eigenvalue weighted by Crippen LogP contribution is -2.37. The highest BCUT2D eigenvalue weighted by atomic mass is 19.1. The predicted molar refractivity (Wildman–Crippen MR) is 80.6 cm³/mol. The first-order valence-electron chi connectivity index (χ1n) is 7.75. The Hall–Kier alpha value is -1.66. The molecule has 1 saturated carbocycles. The van der Waals surface area contributed by atoms with Crippen LogP contribution in [0.15, 0.2) is 18.2 Å². The highest BCUT2D eigenvalue weighted by Crippen LogP contribution is 2.29. The second-order valence-electron chi connectivity index (χ2n) is 5.72. The number of hydrogen-bond acceptors (Lipinski definition) is 4. The molecule has 1 N–H and O–H groups in total. The van der Waals surface area contributed by atoms with Crippen LogP contribution in [0.4, 0.5) is 10.1 Å². The number of nitrogens with zero attached hydrogens (tertiary/aromatic N) is 2. The van der Waals surface area contributed by atoms with Crippen molar-refractivity contribution in [2.45, 2.75) is 18.9 Å². The van der Waals surface area contributed by atoms with Gasteiger partial charge in [-0.15, -0.1) is 0 Å². The van der Waals surface area contributed by atoms with Crippen molar-refractivity contribution in [2.24, 2.45) is 0 Å². The Bertz CT molecular complexity index is 542. The summed E-state index contributed by atoms with van der Waals surface area (Å²) in [7, 11) is 0. The number of halogens is 1. The number of amides is 1. The van der Waals surface area contributed by atoms with Crippen LogP contribution in [0, 0.1) is 5.82 Å². The van der Waals surface area contributed by atoms with Crippen molar-refractivity contribution in [1.29, 1.82) is 0 Å². The largest absolute Gasteiger partial charge is 0.395 e. The van der Waals surface area contributed by atoms with E-state index < -0.39 is 0 Å². The molecule has 1 aromatic carbocycles. The van der Waals surface area contributed by atoms with Gasteiger partial charge in [-0.2, -0.15) is 0 Å². The van der Waals surface area contributed by atoms with Crippen LogP contribution in [0.5, 0.6) is 0 Å². The van der Waals surface area contributed by atoms with Gasteiger partial charge >= 0.3 is 0 Å². The summed E-state index contributed by atoms with van der Waals surface area (Å²) in [4.78, 5) is 16.0. The van der Waals surface area contributed by atoms with Gasteiger partial charge in [-0.1, -0.05) is 0 Å². The molecule has 1 aromatic rings. The Labute approximate surface area is 129 Å². The van der Waals surface area contributed by atoms with Crippen molar-refractivity contribution in [3.63, 3.8) is 0 Å². The summed E-state index contributed by atoms with van der Waals surface area (Å²) < 4.78 is 19.6. The number of ether oxygens (including phenoxy) is 1. The minimum atomic E-state index is -0.382. The van der Waals surface area contributed by atoms with Gasteiger partial charge in [-0.05, 0) is 31.0 Å². The number of aliphatic hydroxyl groups is 1. The molecule has 2 fully saturated rings. The quantitative estimate of drug-likeness (QED) is 0.890. The highest BCUT2D eigenvalue weighted by molar-refractivity contribution is 5.95. The Morgan fingerprint density at radius 2 is 2.09 bits per heavy atom. The SMILES string of the molecule is O=C(c1ccc(N2CCOCC2)c(F)c1)N(CCO)C1CC1. The van der Waals surface area contributed by atoms with E-state index in [0.29, 0.717) is 44.1 Å². The first-order valence-corrected chi connectivity index (χ1v) is 7.75. The number of anilines is 1. The van der Waals surface area contributed by atoms with E-state index in [1.54, 1.807) is 17.0 Å². The molecule has 0 radical (unpaired) electrons. The summed E-state index contributed by atoms with van der Waals surface area (Å²) in [6.07, 6.45) is 1.92. The van der Waals surface area contributed by atoms with E-state index in [-0.39, 0.29) is 24.4 Å². The van der Waals surface area contributed by atoms with Crippen LogP contribution in [0.1, 0.15) is 23.2 Å². The molecule has 1 aliphatic carbocycles. The van der Waals surface area contributed by atoms with Gasteiger partial charge in [-0.3, -0.25) is 4.79 Å². The zero-order chi connectivity index (χ0) is 15.5. The van der Waals surface area contributed by atoms with E-state index in [2.05, 4.69) is 0 Å². The van der Waals surface area contributed by atoms with Crippen molar-refractivity contribution in [2.75, 3.05) is 44.4 Å². The fourth-order valence-corrected chi connectivity index (χ4v) is 2.81. The Morgan fingerprint density at radius 3 is 2.68 bits per heavy atom. The molecule has 5 nitrogen and oxygen atoms in total. The lowest BCUT2D eigenvalue weighted by Gasteiger charge is -2.29. The molecule has 0 aromatic heterocycles. The van der Waals surface area contributed by atoms with Crippen LogP contribution < -0.4 is 4.90 Å². The molecular formula is C16H21FN2O3. The van der Waals surface area contributed by atoms with E-state index >= 15 is 0 Å². The van der Waals surface area contributed by atoms with Crippen molar-refractivity contribution >= 4 is 11.6 Å². The van der Waals surface area contributed by atoms with Gasteiger partial charge in [0.2, 0.25) is 0 Å². The zero-order valence-corrected chi connectivity index (χ0v) is 12.5. The van der Waals surface area contributed by atoms with Crippen molar-refractivity contribution < 1.29 is 19.0 Å². The predicted octanol–water partition coefficient (Wildman–Crippen LogP) is 1.26. The van der Waals surface area contributed by atoms with E-state index in [0.717, 1.165) is 12.8 Å². The standard InChI is InChI=1S/C16H21FN2O3/c17-14-11-12(16(21)19(5-8-20)13-2-3-13)1-4-15(14)18-6-9-22-10-7-18/h1,4,11,13,20H,2-3,5-10H2. The van der Waals surface area contributed by atoms with Crippen LogP contribution in [0.25, 0.3) is 0 Å². The maximum absolute atomic E-state index is 14.4. The Balaban J connectivity index is 1.76. The normalized spacial score (nSPS) is 18.4. The van der Waals surface area contributed by atoms with E-state index in [9.17, 15) is 9.18 Å². The third kappa shape index (κ3) is 3.23. The number of aliphatic hydroxyl groups excluding tert-OH is 1. The first kappa shape index (κ1) is 15.2. The van der Waals surface area contributed by atoms with Gasteiger partial charge in [0.15, 0.2) is 0 Å². The molecule has 0 atom stereocenters. The Morgan fingerprint density at radius 1 is 1.36 bits per heavy atom. The molecular weight excluding hydrogens is 287 g/mol. The van der Waals surface area contributed by atoms with Gasteiger partial charge in [0, 0.05) is 31.2 Å². The molecule has 22 heavy (non-hydrogen) atoms. The molecule has 0 unspecified atom stereocenters. The summed E-state index contributed by atoms with van der Waals surface area (Å²) >= 11 is 0. The number of carbonyl (C=O) groups excluding carboxylic acids is 1. The van der Waals surface area contributed by atoms with E-state index in [4.69, 9.17) is 9.84 Å². The summed E-state index contributed by atoms with van der Waals surface area (Å²) in [6, 6.07) is 4.84. The lowest BCUT2D eigenvalue weighted by atomic mass is 10.1. The van der Waals surface area contributed by atoms with Crippen LogP contribution in [-0.2, 0) is 4.74 Å². The number of rotatable bonds is 5. The highest BCUT2D eigenvalue weighted by Gasteiger charge is 2.32. The molecule has 1 saturated heterocycles. The Kier molecular flexibility index (Phi) is 4.59. The third-order valence-corrected chi connectivity index (χ3v) is 4.14. The van der Waals surface area contributed by atoms with E-state index in [1.807, 2.05) is 4.90 Å². The van der Waals surface area contributed by atoms with Crippen LogP contribution in [0.3, 0.4) is 0 Å². The van der Waals surface area contributed by atoms with Gasteiger partial charge in [0.1, 0.15) is 5.82 Å². The molecule has 3 rings (SSSR count). The summed E-state index contributed by atoms with van der Waals surface area (Å²) in [5.74, 6) is -0.587. The minimum Gasteiger partial charge on any atom is -0.395 e. The molecule has 1 aliphatic heterocycles. The molecule has 2 aliphatic rings. The second-order valence-corrected chi connectivity index (χ2v) is 5.72. The van der Waals surface area contributed by atoms with Crippen LogP contribution >= 0.6 is 0 Å².